The minimum Gasteiger partial charge on any atom is -0.477 e. The minimum absolute atomic E-state index is 0.282. The van der Waals surface area contributed by atoms with E-state index in [4.69, 9.17) is 18.7 Å². The summed E-state index contributed by atoms with van der Waals surface area (Å²) >= 11 is 0. The first-order chi connectivity index (χ1) is 16.5. The number of nitrogens with one attached hydrogen (secondary N) is 1. The van der Waals surface area contributed by atoms with Gasteiger partial charge in [-0.15, -0.1) is 0 Å². The third kappa shape index (κ3) is 6.57. The molecule has 0 bridgehead atoms. The maximum absolute atomic E-state index is 12.9. The Hall–Kier alpha value is -2.45. The third-order valence-corrected chi connectivity index (χ3v) is 6.55. The van der Waals surface area contributed by atoms with Crippen molar-refractivity contribution in [1.29, 1.82) is 0 Å². The van der Waals surface area contributed by atoms with Gasteiger partial charge in [0.25, 0.3) is 5.91 Å². The van der Waals surface area contributed by atoms with E-state index in [1.54, 1.807) is 12.1 Å². The van der Waals surface area contributed by atoms with E-state index in [0.717, 1.165) is 18.4 Å². The van der Waals surface area contributed by atoms with Gasteiger partial charge in [0.05, 0.1) is 32.1 Å². The van der Waals surface area contributed by atoms with Crippen LogP contribution >= 0.6 is 0 Å². The standard InChI is InChI=1S/C26H37N3O5/c1-4-31-13-14-32-17-26(2,3)22-15-23(34-29-22)28-24(30)21-12-11-20(19-7-5-6-8-19)25(27-21)33-16-18-9-10-18/h11-12,15,18-19H,4-10,13-14,16-17H2,1-3H3,(H,28,30). The Bertz CT molecular complexity index is 948. The lowest BCUT2D eigenvalue weighted by Gasteiger charge is -2.21. The molecule has 186 valence electrons. The van der Waals surface area contributed by atoms with Crippen molar-refractivity contribution in [2.24, 2.45) is 5.92 Å². The molecule has 0 unspecified atom stereocenters. The predicted molar refractivity (Wildman–Crippen MR) is 128 cm³/mol. The molecule has 0 atom stereocenters. The fraction of sp³-hybridized carbons (Fsp3) is 0.654. The largest absolute Gasteiger partial charge is 0.477 e. The molecule has 2 aliphatic rings. The maximum Gasteiger partial charge on any atom is 0.276 e. The van der Waals surface area contributed by atoms with Crippen molar-refractivity contribution < 1.29 is 23.5 Å². The molecular formula is C26H37N3O5. The first-order valence-corrected chi connectivity index (χ1v) is 12.5. The van der Waals surface area contributed by atoms with Crippen LogP contribution in [0.3, 0.4) is 0 Å². The normalized spacial score (nSPS) is 16.7. The Labute approximate surface area is 201 Å². The Morgan fingerprint density at radius 2 is 1.91 bits per heavy atom. The van der Waals surface area contributed by atoms with Gasteiger partial charge >= 0.3 is 0 Å². The number of ether oxygens (including phenoxy) is 3. The summed E-state index contributed by atoms with van der Waals surface area (Å²) < 4.78 is 22.5. The van der Waals surface area contributed by atoms with Crippen molar-refractivity contribution in [3.8, 4) is 5.88 Å². The molecule has 0 radical (unpaired) electrons. The average Bonchev–Trinajstić information content (AvgIpc) is 3.27. The van der Waals surface area contributed by atoms with Crippen LogP contribution in [0.5, 0.6) is 5.88 Å². The van der Waals surface area contributed by atoms with Crippen LogP contribution < -0.4 is 10.1 Å². The van der Waals surface area contributed by atoms with Crippen molar-refractivity contribution in [2.75, 3.05) is 38.4 Å². The Morgan fingerprint density at radius 3 is 2.65 bits per heavy atom. The number of hydrogen-bond acceptors (Lipinski definition) is 7. The molecular weight excluding hydrogens is 434 g/mol. The lowest BCUT2D eigenvalue weighted by molar-refractivity contribution is 0.0339. The van der Waals surface area contributed by atoms with E-state index in [0.29, 0.717) is 62.1 Å². The number of carbonyl (C=O) groups excluding carboxylic acids is 1. The lowest BCUT2D eigenvalue weighted by atomic mass is 9.90. The van der Waals surface area contributed by atoms with Crippen LogP contribution in [0.1, 0.15) is 87.0 Å². The summed E-state index contributed by atoms with van der Waals surface area (Å²) in [7, 11) is 0. The summed E-state index contributed by atoms with van der Waals surface area (Å²) in [6.45, 7) is 8.88. The first-order valence-electron chi connectivity index (χ1n) is 12.5. The maximum atomic E-state index is 12.9. The van der Waals surface area contributed by atoms with Crippen molar-refractivity contribution in [3.05, 3.63) is 35.2 Å². The van der Waals surface area contributed by atoms with Gasteiger partial charge < -0.3 is 18.7 Å². The molecule has 2 saturated carbocycles. The molecule has 2 aromatic heterocycles. The van der Waals surface area contributed by atoms with Crippen molar-refractivity contribution in [1.82, 2.24) is 10.1 Å². The van der Waals surface area contributed by atoms with Gasteiger partial charge in [-0.1, -0.05) is 37.9 Å². The number of hydrogen-bond donors (Lipinski definition) is 1. The molecule has 2 fully saturated rings. The highest BCUT2D eigenvalue weighted by atomic mass is 16.5. The lowest BCUT2D eigenvalue weighted by Crippen LogP contribution is -2.25. The molecule has 0 saturated heterocycles. The van der Waals surface area contributed by atoms with E-state index in [9.17, 15) is 4.79 Å². The van der Waals surface area contributed by atoms with Crippen LogP contribution in [0.2, 0.25) is 0 Å². The number of pyridine rings is 1. The number of carbonyl (C=O) groups is 1. The summed E-state index contributed by atoms with van der Waals surface area (Å²) in [4.78, 5) is 17.5. The Morgan fingerprint density at radius 1 is 1.15 bits per heavy atom. The van der Waals surface area contributed by atoms with Crippen LogP contribution in [0, 0.1) is 5.92 Å². The second-order valence-electron chi connectivity index (χ2n) is 9.99. The number of nitrogens with zero attached hydrogens (tertiary/aromatic N) is 2. The van der Waals surface area contributed by atoms with Gasteiger partial charge in [0.15, 0.2) is 0 Å². The van der Waals surface area contributed by atoms with Gasteiger partial charge in [0.1, 0.15) is 5.69 Å². The topological polar surface area (TPSA) is 95.7 Å². The smallest absolute Gasteiger partial charge is 0.276 e. The molecule has 34 heavy (non-hydrogen) atoms. The second-order valence-corrected chi connectivity index (χ2v) is 9.99. The highest BCUT2D eigenvalue weighted by Crippen LogP contribution is 2.39. The van der Waals surface area contributed by atoms with Gasteiger partial charge in [-0.05, 0) is 50.5 Å². The van der Waals surface area contributed by atoms with E-state index in [1.165, 1.54) is 25.7 Å². The molecule has 4 rings (SSSR count). The van der Waals surface area contributed by atoms with E-state index in [2.05, 4.69) is 15.5 Å². The number of anilines is 1. The molecule has 1 N–H and O–H groups in total. The van der Waals surface area contributed by atoms with Crippen molar-refractivity contribution in [2.45, 2.75) is 70.6 Å². The monoisotopic (exact) mass is 471 g/mol. The summed E-state index contributed by atoms with van der Waals surface area (Å²) in [5.41, 5.74) is 1.77. The number of aromatic nitrogens is 2. The molecule has 0 aliphatic heterocycles. The second kappa shape index (κ2) is 11.3. The van der Waals surface area contributed by atoms with Crippen LogP contribution in [-0.2, 0) is 14.9 Å². The Balaban J connectivity index is 1.39. The van der Waals surface area contributed by atoms with Gasteiger partial charge in [0, 0.05) is 23.7 Å². The summed E-state index contributed by atoms with van der Waals surface area (Å²) in [6.07, 6.45) is 7.19. The molecule has 0 spiro atoms. The zero-order chi connectivity index (χ0) is 24.0. The quantitative estimate of drug-likeness (QED) is 0.406. The molecule has 0 aromatic carbocycles. The number of amides is 1. The van der Waals surface area contributed by atoms with E-state index >= 15 is 0 Å². The van der Waals surface area contributed by atoms with Gasteiger partial charge in [-0.25, -0.2) is 4.98 Å². The zero-order valence-electron chi connectivity index (χ0n) is 20.6. The van der Waals surface area contributed by atoms with Gasteiger partial charge in [0.2, 0.25) is 11.8 Å². The summed E-state index contributed by atoms with van der Waals surface area (Å²) in [5.74, 6) is 1.63. The van der Waals surface area contributed by atoms with E-state index < -0.39 is 0 Å². The van der Waals surface area contributed by atoms with Crippen LogP contribution in [0.4, 0.5) is 5.88 Å². The molecule has 1 amide bonds. The molecule has 2 aromatic rings. The van der Waals surface area contributed by atoms with E-state index in [1.807, 2.05) is 26.8 Å². The zero-order valence-corrected chi connectivity index (χ0v) is 20.6. The van der Waals surface area contributed by atoms with Crippen LogP contribution in [-0.4, -0.2) is 49.1 Å². The fourth-order valence-corrected chi connectivity index (χ4v) is 4.21. The highest BCUT2D eigenvalue weighted by Gasteiger charge is 2.28. The first kappa shape index (κ1) is 24.7. The van der Waals surface area contributed by atoms with Gasteiger partial charge in [-0.2, -0.15) is 0 Å². The van der Waals surface area contributed by atoms with Crippen molar-refractivity contribution >= 4 is 11.8 Å². The molecule has 8 heteroatoms. The van der Waals surface area contributed by atoms with Gasteiger partial charge in [-0.3, -0.25) is 10.1 Å². The minimum atomic E-state index is -0.371. The summed E-state index contributed by atoms with van der Waals surface area (Å²) in [6, 6.07) is 5.52. The van der Waals surface area contributed by atoms with Crippen LogP contribution in [0.25, 0.3) is 0 Å². The Kier molecular flexibility index (Phi) is 8.21. The molecule has 8 nitrogen and oxygen atoms in total. The fourth-order valence-electron chi connectivity index (χ4n) is 4.21. The predicted octanol–water partition coefficient (Wildman–Crippen LogP) is 5.10. The van der Waals surface area contributed by atoms with Crippen LogP contribution in [0.15, 0.2) is 22.7 Å². The SMILES string of the molecule is CCOCCOCC(C)(C)c1cc(NC(=O)c2ccc(C3CCCC3)c(OCC3CC3)n2)on1. The average molecular weight is 472 g/mol. The third-order valence-electron chi connectivity index (χ3n) is 6.55. The van der Waals surface area contributed by atoms with Crippen molar-refractivity contribution in [3.63, 3.8) is 0 Å². The molecule has 2 heterocycles. The molecule has 2 aliphatic carbocycles. The van der Waals surface area contributed by atoms with E-state index in [-0.39, 0.29) is 17.2 Å². The number of rotatable bonds is 13. The highest BCUT2D eigenvalue weighted by molar-refractivity contribution is 6.02. The summed E-state index contributed by atoms with van der Waals surface area (Å²) in [5, 5.41) is 6.92.